The Morgan fingerprint density at radius 1 is 1.44 bits per heavy atom. The fourth-order valence-electron chi connectivity index (χ4n) is 5.90. The van der Waals surface area contributed by atoms with E-state index in [0.29, 0.717) is 17.7 Å². The first kappa shape index (κ1) is 15.4. The molecule has 1 fully saturated rings. The van der Waals surface area contributed by atoms with Crippen LogP contribution in [-0.4, -0.2) is 36.1 Å². The average Bonchev–Trinajstić information content (AvgIpc) is 2.92. The molecule has 1 spiro atoms. The molecular weight excluding hydrogens is 314 g/mol. The molecule has 4 nitrogen and oxygen atoms in total. The maximum absolute atomic E-state index is 11.5. The van der Waals surface area contributed by atoms with Crippen molar-refractivity contribution in [1.29, 1.82) is 0 Å². The molecule has 0 saturated carbocycles. The lowest BCUT2D eigenvalue weighted by atomic mass is 9.53. The molecular formula is C21H25NO3. The van der Waals surface area contributed by atoms with Crippen LogP contribution >= 0.6 is 0 Å². The molecule has 1 aromatic rings. The standard InChI is InChI=1S/C21H25NO3/c1-3-10-22-11-9-21-15-5-4-6-18(21)25-20-17(24-13(2)23)8-7-14(19(20)21)12-16(15)22/h4-5,7-8,15-16,18H,3,6,9-12H2,1-2H3/t15-,16?,18-,21+/m0/s1. The van der Waals surface area contributed by atoms with Crippen molar-refractivity contribution >= 4 is 5.97 Å². The lowest BCUT2D eigenvalue weighted by molar-refractivity contribution is -0.132. The number of piperidine rings is 1. The van der Waals surface area contributed by atoms with Crippen LogP contribution in [0.4, 0.5) is 0 Å². The van der Waals surface area contributed by atoms with Gasteiger partial charge in [-0.15, -0.1) is 0 Å². The molecule has 0 N–H and O–H groups in total. The third-order valence-corrected chi connectivity index (χ3v) is 6.69. The van der Waals surface area contributed by atoms with Crippen LogP contribution in [0.2, 0.25) is 0 Å². The molecule has 25 heavy (non-hydrogen) atoms. The minimum Gasteiger partial charge on any atom is -0.485 e. The van der Waals surface area contributed by atoms with Gasteiger partial charge in [-0.25, -0.2) is 0 Å². The summed E-state index contributed by atoms with van der Waals surface area (Å²) in [6.07, 6.45) is 9.27. The number of nitrogens with zero attached hydrogens (tertiary/aromatic N) is 1. The van der Waals surface area contributed by atoms with Crippen molar-refractivity contribution in [3.8, 4) is 11.5 Å². The number of hydrogen-bond donors (Lipinski definition) is 0. The van der Waals surface area contributed by atoms with Gasteiger partial charge in [-0.3, -0.25) is 9.69 Å². The summed E-state index contributed by atoms with van der Waals surface area (Å²) in [6, 6.07) is 4.66. The highest BCUT2D eigenvalue weighted by atomic mass is 16.6. The van der Waals surface area contributed by atoms with Crippen LogP contribution in [0, 0.1) is 5.92 Å². The maximum Gasteiger partial charge on any atom is 0.308 e. The van der Waals surface area contributed by atoms with Crippen molar-refractivity contribution in [3.63, 3.8) is 0 Å². The monoisotopic (exact) mass is 339 g/mol. The van der Waals surface area contributed by atoms with E-state index in [1.54, 1.807) is 0 Å². The summed E-state index contributed by atoms with van der Waals surface area (Å²) in [5.41, 5.74) is 2.81. The van der Waals surface area contributed by atoms with Gasteiger partial charge in [0.2, 0.25) is 0 Å². The van der Waals surface area contributed by atoms with Gasteiger partial charge < -0.3 is 9.47 Å². The molecule has 0 amide bonds. The molecule has 4 aliphatic rings. The fourth-order valence-corrected chi connectivity index (χ4v) is 5.90. The summed E-state index contributed by atoms with van der Waals surface area (Å²) < 4.78 is 11.9. The predicted molar refractivity (Wildman–Crippen MR) is 95.1 cm³/mol. The van der Waals surface area contributed by atoms with Crippen LogP contribution in [0.3, 0.4) is 0 Å². The molecule has 1 unspecified atom stereocenters. The first-order valence-electron chi connectivity index (χ1n) is 9.57. The largest absolute Gasteiger partial charge is 0.485 e. The van der Waals surface area contributed by atoms with Gasteiger partial charge in [0.25, 0.3) is 0 Å². The first-order valence-corrected chi connectivity index (χ1v) is 9.57. The zero-order chi connectivity index (χ0) is 17.2. The van der Waals surface area contributed by atoms with Crippen molar-refractivity contribution in [3.05, 3.63) is 35.4 Å². The normalized spacial score (nSPS) is 34.4. The fraction of sp³-hybridized carbons (Fsp3) is 0.571. The van der Waals surface area contributed by atoms with E-state index in [4.69, 9.17) is 9.47 Å². The zero-order valence-corrected chi connectivity index (χ0v) is 15.0. The van der Waals surface area contributed by atoms with E-state index < -0.39 is 0 Å². The second-order valence-corrected chi connectivity index (χ2v) is 7.91. The summed E-state index contributed by atoms with van der Waals surface area (Å²) in [6.45, 7) is 6.03. The summed E-state index contributed by atoms with van der Waals surface area (Å²) in [5, 5.41) is 0. The van der Waals surface area contributed by atoms with E-state index in [1.165, 1.54) is 31.0 Å². The summed E-state index contributed by atoms with van der Waals surface area (Å²) >= 11 is 0. The van der Waals surface area contributed by atoms with Gasteiger partial charge in [0, 0.05) is 36.3 Å². The SMILES string of the molecule is CCCN1CC[C@]23c4c5ccc(OC(C)=O)c4O[C@H]2CC=C[C@H]3C1C5. The van der Waals surface area contributed by atoms with Gasteiger partial charge in [0.15, 0.2) is 11.5 Å². The molecule has 4 atom stereocenters. The van der Waals surface area contributed by atoms with Gasteiger partial charge >= 0.3 is 5.97 Å². The molecule has 2 bridgehead atoms. The Morgan fingerprint density at radius 2 is 2.32 bits per heavy atom. The number of hydrogen-bond acceptors (Lipinski definition) is 4. The van der Waals surface area contributed by atoms with E-state index in [9.17, 15) is 4.79 Å². The molecule has 2 aliphatic carbocycles. The number of carbonyl (C=O) groups is 1. The Kier molecular flexibility index (Phi) is 3.30. The number of rotatable bonds is 3. The van der Waals surface area contributed by atoms with E-state index >= 15 is 0 Å². The van der Waals surface area contributed by atoms with Crippen molar-refractivity contribution < 1.29 is 14.3 Å². The van der Waals surface area contributed by atoms with Crippen LogP contribution in [0.1, 0.15) is 44.2 Å². The predicted octanol–water partition coefficient (Wildman–Crippen LogP) is 3.23. The second kappa shape index (κ2) is 5.34. The molecule has 1 aromatic carbocycles. The van der Waals surface area contributed by atoms with Crippen molar-refractivity contribution in [2.75, 3.05) is 13.1 Å². The topological polar surface area (TPSA) is 38.8 Å². The maximum atomic E-state index is 11.5. The van der Waals surface area contributed by atoms with Crippen molar-refractivity contribution in [1.82, 2.24) is 4.90 Å². The molecule has 0 radical (unpaired) electrons. The molecule has 1 saturated heterocycles. The molecule has 132 valence electrons. The van der Waals surface area contributed by atoms with Crippen LogP contribution < -0.4 is 9.47 Å². The molecule has 5 rings (SSSR count). The highest BCUT2D eigenvalue weighted by molar-refractivity contribution is 5.72. The number of likely N-dealkylation sites (tertiary alicyclic amines) is 1. The summed E-state index contributed by atoms with van der Waals surface area (Å²) in [7, 11) is 0. The molecule has 4 heteroatoms. The Labute approximate surface area is 148 Å². The van der Waals surface area contributed by atoms with Crippen LogP contribution in [0.25, 0.3) is 0 Å². The van der Waals surface area contributed by atoms with Crippen LogP contribution in [0.15, 0.2) is 24.3 Å². The van der Waals surface area contributed by atoms with Gasteiger partial charge in [0.05, 0.1) is 0 Å². The van der Waals surface area contributed by atoms with Crippen LogP contribution in [-0.2, 0) is 16.6 Å². The van der Waals surface area contributed by atoms with Gasteiger partial charge in [0.1, 0.15) is 6.10 Å². The Bertz CT molecular complexity index is 771. The number of ether oxygens (including phenoxy) is 2. The van der Waals surface area contributed by atoms with E-state index in [1.807, 2.05) is 6.07 Å². The third kappa shape index (κ3) is 1.95. The van der Waals surface area contributed by atoms with Crippen molar-refractivity contribution in [2.45, 2.75) is 57.1 Å². The van der Waals surface area contributed by atoms with Gasteiger partial charge in [-0.05, 0) is 44.0 Å². The highest BCUT2D eigenvalue weighted by Gasteiger charge is 2.62. The van der Waals surface area contributed by atoms with Gasteiger partial charge in [-0.2, -0.15) is 0 Å². The Hall–Kier alpha value is -1.81. The second-order valence-electron chi connectivity index (χ2n) is 7.91. The molecule has 0 aromatic heterocycles. The summed E-state index contributed by atoms with van der Waals surface area (Å²) in [4.78, 5) is 14.2. The number of benzene rings is 1. The van der Waals surface area contributed by atoms with Crippen molar-refractivity contribution in [2.24, 2.45) is 5.92 Å². The Balaban J connectivity index is 1.68. The lowest BCUT2D eigenvalue weighted by Crippen LogP contribution is -2.63. The van der Waals surface area contributed by atoms with E-state index in [0.717, 1.165) is 31.6 Å². The molecule has 2 heterocycles. The van der Waals surface area contributed by atoms with Crippen LogP contribution in [0.5, 0.6) is 11.5 Å². The first-order chi connectivity index (χ1) is 12.1. The third-order valence-electron chi connectivity index (χ3n) is 6.69. The number of carbonyl (C=O) groups excluding carboxylic acids is 1. The summed E-state index contributed by atoms with van der Waals surface area (Å²) in [5.74, 6) is 1.66. The lowest BCUT2D eigenvalue weighted by Gasteiger charge is -2.56. The zero-order valence-electron chi connectivity index (χ0n) is 15.0. The number of esters is 1. The Morgan fingerprint density at radius 3 is 3.12 bits per heavy atom. The van der Waals surface area contributed by atoms with Gasteiger partial charge in [-0.1, -0.05) is 25.1 Å². The molecule has 2 aliphatic heterocycles. The average molecular weight is 339 g/mol. The highest BCUT2D eigenvalue weighted by Crippen LogP contribution is 2.62. The smallest absolute Gasteiger partial charge is 0.308 e. The van der Waals surface area contributed by atoms with E-state index in [-0.39, 0.29) is 17.5 Å². The quantitative estimate of drug-likeness (QED) is 0.481. The minimum absolute atomic E-state index is 0.0722. The van der Waals surface area contributed by atoms with E-state index in [2.05, 4.69) is 30.0 Å². The minimum atomic E-state index is -0.284.